The molecule has 0 spiro atoms. The molecule has 0 amide bonds. The number of alkyl halides is 3. The van der Waals surface area contributed by atoms with E-state index in [2.05, 4.69) is 23.2 Å². The Labute approximate surface area is 198 Å². The number of nitrogens with zero attached hydrogens (tertiary/aromatic N) is 5. The van der Waals surface area contributed by atoms with Gasteiger partial charge in [-0.15, -0.1) is 16.4 Å². The number of thiophene rings is 1. The van der Waals surface area contributed by atoms with Gasteiger partial charge in [0.25, 0.3) is 0 Å². The summed E-state index contributed by atoms with van der Waals surface area (Å²) in [6.07, 6.45) is -1.11. The minimum absolute atomic E-state index is 0.0540. The van der Waals surface area contributed by atoms with Gasteiger partial charge in [0.1, 0.15) is 10.9 Å². The smallest absolute Gasteiger partial charge is 0.461 e. The van der Waals surface area contributed by atoms with Crippen LogP contribution in [-0.4, -0.2) is 45.3 Å². The fraction of sp³-hybridized carbons (Fsp3) is 0.591. The number of anilines is 1. The van der Waals surface area contributed by atoms with Gasteiger partial charge in [0.15, 0.2) is 0 Å². The summed E-state index contributed by atoms with van der Waals surface area (Å²) in [5.41, 5.74) is 0.865. The zero-order valence-electron chi connectivity index (χ0n) is 19.0. The van der Waals surface area contributed by atoms with Crippen molar-refractivity contribution in [2.75, 3.05) is 18.0 Å². The molecule has 2 aliphatic heterocycles. The second-order valence-corrected chi connectivity index (χ2v) is 10.0. The maximum Gasteiger partial charge on any atom is 0.485 e. The number of nitrogens with one attached hydrogen (secondary N) is 1. The number of halogens is 3. The number of esters is 1. The number of fused-ring (bicyclic) bond motifs is 2. The van der Waals surface area contributed by atoms with Gasteiger partial charge in [0, 0.05) is 47.6 Å². The van der Waals surface area contributed by atoms with E-state index < -0.39 is 12.0 Å². The molecular weight excluding hydrogens is 469 g/mol. The van der Waals surface area contributed by atoms with Crippen LogP contribution in [0.5, 0.6) is 0 Å². The maximum atomic E-state index is 13.3. The van der Waals surface area contributed by atoms with Gasteiger partial charge in [-0.25, -0.2) is 14.5 Å². The van der Waals surface area contributed by atoms with E-state index in [0.717, 1.165) is 28.8 Å². The summed E-state index contributed by atoms with van der Waals surface area (Å²) in [7, 11) is 0. The average Bonchev–Trinajstić information content (AvgIpc) is 3.49. The molecule has 1 saturated heterocycles. The Hall–Kier alpha value is -2.76. The maximum absolute atomic E-state index is 13.3. The number of hydrogen-bond donors (Lipinski definition) is 1. The van der Waals surface area contributed by atoms with Crippen molar-refractivity contribution in [1.29, 1.82) is 0 Å². The number of aryl methyl sites for hydroxylation is 1. The van der Waals surface area contributed by atoms with Crippen molar-refractivity contribution in [2.45, 2.75) is 70.7 Å². The lowest BCUT2D eigenvalue weighted by Gasteiger charge is -2.23. The summed E-state index contributed by atoms with van der Waals surface area (Å²) in [5.74, 6) is -0.205. The van der Waals surface area contributed by atoms with Crippen LogP contribution in [0.25, 0.3) is 10.2 Å². The summed E-state index contributed by atoms with van der Waals surface area (Å²) >= 11 is 1.64. The summed E-state index contributed by atoms with van der Waals surface area (Å²) in [4.78, 5) is 25.3. The third-order valence-corrected chi connectivity index (χ3v) is 7.46. The number of carbonyl (C=O) groups excluding carboxylic acids is 1. The third-order valence-electron chi connectivity index (χ3n) is 6.37. The van der Waals surface area contributed by atoms with Crippen LogP contribution in [0.15, 0.2) is 6.07 Å². The summed E-state index contributed by atoms with van der Waals surface area (Å²) in [5, 5.41) is 7.10. The molecule has 0 bridgehead atoms. The average molecular weight is 496 g/mol. The molecule has 0 aromatic carbocycles. The summed E-state index contributed by atoms with van der Waals surface area (Å²) in [6, 6.07) is 2.13. The van der Waals surface area contributed by atoms with Gasteiger partial charge in [-0.2, -0.15) is 13.2 Å². The van der Waals surface area contributed by atoms with Crippen LogP contribution >= 0.6 is 11.3 Å². The zero-order valence-corrected chi connectivity index (χ0v) is 19.8. The van der Waals surface area contributed by atoms with Gasteiger partial charge in [0.2, 0.25) is 11.8 Å². The second kappa shape index (κ2) is 8.79. The Morgan fingerprint density at radius 1 is 1.35 bits per heavy atom. The van der Waals surface area contributed by atoms with Gasteiger partial charge in [0.05, 0.1) is 18.8 Å². The third kappa shape index (κ3) is 4.35. The fourth-order valence-corrected chi connectivity index (χ4v) is 6.01. The summed E-state index contributed by atoms with van der Waals surface area (Å²) in [6.45, 7) is 4.95. The van der Waals surface area contributed by atoms with Crippen molar-refractivity contribution >= 4 is 33.5 Å². The lowest BCUT2D eigenvalue weighted by molar-refractivity contribution is -0.727. The highest BCUT2D eigenvalue weighted by molar-refractivity contribution is 7.18. The molecule has 5 rings (SSSR count). The van der Waals surface area contributed by atoms with E-state index in [1.54, 1.807) is 11.3 Å². The molecule has 1 fully saturated rings. The lowest BCUT2D eigenvalue weighted by Crippen LogP contribution is -2.47. The Morgan fingerprint density at radius 2 is 2.18 bits per heavy atom. The molecule has 5 heterocycles. The first-order valence-electron chi connectivity index (χ1n) is 11.5. The van der Waals surface area contributed by atoms with Crippen LogP contribution in [0.2, 0.25) is 0 Å². The van der Waals surface area contributed by atoms with Crippen molar-refractivity contribution in [1.82, 2.24) is 20.2 Å². The Balaban J connectivity index is 1.49. The minimum atomic E-state index is -4.49. The van der Waals surface area contributed by atoms with Crippen molar-refractivity contribution in [3.05, 3.63) is 28.3 Å². The largest absolute Gasteiger partial charge is 0.485 e. The van der Waals surface area contributed by atoms with Gasteiger partial charge in [-0.3, -0.25) is 4.79 Å². The standard InChI is InChI=1S/C22H25F3N6O2S/c1-3-4-15-10-16-18(13-5-8-31-17(9-13)28-29-20(31)22(23,24)25)26-21(27-19(16)34-15)30-7-6-14(11-30)33-12(2)32/h10,13-14H,3-9,11H2,1-2H3/p+1/t13?,14-/m0/s1. The fourth-order valence-electron chi connectivity index (χ4n) is 4.88. The number of rotatable bonds is 5. The van der Waals surface area contributed by atoms with E-state index in [1.165, 1.54) is 16.4 Å². The van der Waals surface area contributed by atoms with E-state index in [4.69, 9.17) is 14.7 Å². The molecule has 182 valence electrons. The number of ether oxygens (including phenoxy) is 1. The normalized spacial score (nSPS) is 20.7. The molecule has 2 aliphatic rings. The molecule has 1 unspecified atom stereocenters. The minimum Gasteiger partial charge on any atom is -0.461 e. The Bertz CT molecular complexity index is 1220. The van der Waals surface area contributed by atoms with Crippen LogP contribution in [0.1, 0.15) is 61.2 Å². The molecule has 8 nitrogen and oxygen atoms in total. The van der Waals surface area contributed by atoms with Crippen LogP contribution in [-0.2, 0) is 35.1 Å². The van der Waals surface area contributed by atoms with Crippen molar-refractivity contribution in [3.63, 3.8) is 0 Å². The first-order chi connectivity index (χ1) is 16.2. The van der Waals surface area contributed by atoms with Crippen molar-refractivity contribution in [2.24, 2.45) is 0 Å². The van der Waals surface area contributed by atoms with E-state index in [0.29, 0.717) is 44.1 Å². The topological polar surface area (TPSA) is 87.9 Å². The van der Waals surface area contributed by atoms with E-state index in [1.807, 2.05) is 4.90 Å². The van der Waals surface area contributed by atoms with Crippen LogP contribution in [0.4, 0.5) is 19.1 Å². The molecule has 34 heavy (non-hydrogen) atoms. The van der Waals surface area contributed by atoms with Gasteiger partial charge >= 0.3 is 18.0 Å². The van der Waals surface area contributed by atoms with E-state index in [-0.39, 0.29) is 24.5 Å². The van der Waals surface area contributed by atoms with Crippen molar-refractivity contribution in [3.8, 4) is 0 Å². The first kappa shape index (κ1) is 23.0. The highest BCUT2D eigenvalue weighted by Gasteiger charge is 2.46. The monoisotopic (exact) mass is 495 g/mol. The van der Waals surface area contributed by atoms with Crippen LogP contribution in [0, 0.1) is 0 Å². The van der Waals surface area contributed by atoms with Gasteiger partial charge in [-0.1, -0.05) is 13.3 Å². The van der Waals surface area contributed by atoms with E-state index in [9.17, 15) is 18.0 Å². The number of aromatic amines is 1. The molecule has 3 aromatic rings. The molecular formula is C22H26F3N6O2S+. The lowest BCUT2D eigenvalue weighted by atomic mass is 9.92. The van der Waals surface area contributed by atoms with Gasteiger partial charge in [-0.05, 0) is 18.9 Å². The SMILES string of the molecule is CCCc1cc2c(C3CC[n+]4c(C(F)(F)F)n[nH]c4C3)nc(N3CC[C@H](OC(C)=O)C3)nc2s1. The highest BCUT2D eigenvalue weighted by atomic mass is 32.1. The predicted molar refractivity (Wildman–Crippen MR) is 119 cm³/mol. The van der Waals surface area contributed by atoms with Crippen molar-refractivity contribution < 1.29 is 27.3 Å². The Kier molecular flexibility index (Phi) is 5.95. The predicted octanol–water partition coefficient (Wildman–Crippen LogP) is 3.55. The molecule has 3 aromatic heterocycles. The second-order valence-electron chi connectivity index (χ2n) is 8.89. The number of hydrogen-bond acceptors (Lipinski definition) is 7. The van der Waals surface area contributed by atoms with Crippen LogP contribution < -0.4 is 9.47 Å². The molecule has 1 N–H and O–H groups in total. The number of aromatic nitrogens is 5. The summed E-state index contributed by atoms with van der Waals surface area (Å²) < 4.78 is 46.5. The number of carbonyl (C=O) groups is 1. The Morgan fingerprint density at radius 3 is 2.91 bits per heavy atom. The molecule has 2 atom stereocenters. The van der Waals surface area contributed by atoms with E-state index >= 15 is 0 Å². The molecule has 0 aliphatic carbocycles. The zero-order chi connectivity index (χ0) is 24.0. The first-order valence-corrected chi connectivity index (χ1v) is 12.3. The molecule has 0 saturated carbocycles. The highest BCUT2D eigenvalue weighted by Crippen LogP contribution is 2.37. The van der Waals surface area contributed by atoms with Crippen LogP contribution in [0.3, 0.4) is 0 Å². The van der Waals surface area contributed by atoms with Gasteiger partial charge < -0.3 is 9.64 Å². The molecule has 12 heteroatoms. The quantitative estimate of drug-likeness (QED) is 0.430. The molecule has 0 radical (unpaired) electrons. The number of H-pyrrole nitrogens is 1.